The minimum Gasteiger partial charge on any atom is -0.478 e. The number of nitrogens with zero attached hydrogens (tertiary/aromatic N) is 1. The molecule has 0 aromatic heterocycles. The van der Waals surface area contributed by atoms with Gasteiger partial charge in [0.2, 0.25) is 0 Å². The highest BCUT2D eigenvalue weighted by Gasteiger charge is 2.11. The van der Waals surface area contributed by atoms with Crippen LogP contribution >= 0.6 is 0 Å². The van der Waals surface area contributed by atoms with Gasteiger partial charge in [0, 0.05) is 17.8 Å². The average molecular weight is 378 g/mol. The summed E-state index contributed by atoms with van der Waals surface area (Å²) in [6.07, 6.45) is 3.42. The van der Waals surface area contributed by atoms with Crippen molar-refractivity contribution in [2.24, 2.45) is 0 Å². The molecule has 0 spiro atoms. The summed E-state index contributed by atoms with van der Waals surface area (Å²) in [7, 11) is 0. The summed E-state index contributed by atoms with van der Waals surface area (Å²) < 4.78 is 13.1. The summed E-state index contributed by atoms with van der Waals surface area (Å²) in [4.78, 5) is 21.9. The molecule has 0 aliphatic carbocycles. The quantitative estimate of drug-likeness (QED) is 0.343. The van der Waals surface area contributed by atoms with Crippen LogP contribution in [0, 0.1) is 15.9 Å². The molecule has 28 heavy (non-hydrogen) atoms. The van der Waals surface area contributed by atoms with E-state index in [0.29, 0.717) is 22.5 Å². The Morgan fingerprint density at radius 3 is 2.32 bits per heavy atom. The van der Waals surface area contributed by atoms with Crippen LogP contribution in [0.4, 0.5) is 21.5 Å². The van der Waals surface area contributed by atoms with E-state index in [4.69, 9.17) is 0 Å². The molecule has 0 heterocycles. The van der Waals surface area contributed by atoms with Crippen LogP contribution in [0.2, 0.25) is 0 Å². The number of carboxylic acid groups (broad SMARTS) is 1. The average Bonchev–Trinajstić information content (AvgIpc) is 2.68. The van der Waals surface area contributed by atoms with Gasteiger partial charge in [-0.2, -0.15) is 0 Å². The number of hydrogen-bond acceptors (Lipinski definition) is 4. The Kier molecular flexibility index (Phi) is 5.45. The summed E-state index contributed by atoms with van der Waals surface area (Å²) in [5.41, 5.74) is 2.29. The predicted molar refractivity (Wildman–Crippen MR) is 105 cm³/mol. The second-order valence-electron chi connectivity index (χ2n) is 5.93. The van der Waals surface area contributed by atoms with E-state index < -0.39 is 16.7 Å². The molecular weight excluding hydrogens is 363 g/mol. The lowest BCUT2D eigenvalue weighted by Crippen LogP contribution is -2.03. The number of benzene rings is 3. The van der Waals surface area contributed by atoms with Gasteiger partial charge in [-0.3, -0.25) is 10.1 Å². The van der Waals surface area contributed by atoms with E-state index in [9.17, 15) is 24.4 Å². The molecule has 0 amide bonds. The molecule has 3 aromatic carbocycles. The van der Waals surface area contributed by atoms with Crippen LogP contribution in [0.3, 0.4) is 0 Å². The largest absolute Gasteiger partial charge is 0.478 e. The molecule has 3 aromatic rings. The number of nitrogens with one attached hydrogen (secondary N) is 1. The van der Waals surface area contributed by atoms with E-state index in [0.717, 1.165) is 0 Å². The van der Waals surface area contributed by atoms with Crippen LogP contribution in [-0.2, 0) is 0 Å². The molecule has 0 fully saturated rings. The van der Waals surface area contributed by atoms with Gasteiger partial charge in [-0.15, -0.1) is 0 Å². The molecule has 0 radical (unpaired) electrons. The predicted octanol–water partition coefficient (Wildman–Crippen LogP) is 5.35. The number of nitro benzene ring substituents is 1. The lowest BCUT2D eigenvalue weighted by Gasteiger charge is -2.11. The first kappa shape index (κ1) is 18.8. The van der Waals surface area contributed by atoms with E-state index in [1.807, 2.05) is 0 Å². The molecule has 0 aliphatic rings. The zero-order valence-corrected chi connectivity index (χ0v) is 14.5. The first-order valence-electron chi connectivity index (χ1n) is 8.25. The maximum Gasteiger partial charge on any atom is 0.337 e. The van der Waals surface area contributed by atoms with Crippen molar-refractivity contribution in [1.29, 1.82) is 0 Å². The van der Waals surface area contributed by atoms with Gasteiger partial charge < -0.3 is 10.4 Å². The Morgan fingerprint density at radius 1 is 1.00 bits per heavy atom. The van der Waals surface area contributed by atoms with Gasteiger partial charge in [0.1, 0.15) is 5.82 Å². The smallest absolute Gasteiger partial charge is 0.337 e. The topological polar surface area (TPSA) is 92.5 Å². The second-order valence-corrected chi connectivity index (χ2v) is 5.93. The first-order valence-corrected chi connectivity index (χ1v) is 8.25. The third-order valence-electron chi connectivity index (χ3n) is 3.95. The summed E-state index contributed by atoms with van der Waals surface area (Å²) in [6, 6.07) is 16.5. The van der Waals surface area contributed by atoms with Crippen molar-refractivity contribution in [3.63, 3.8) is 0 Å². The highest BCUT2D eigenvalue weighted by Crippen LogP contribution is 2.24. The SMILES string of the molecule is O=C(O)c1ccc(C=Cc2cccc([N+](=O)[O-])c2)cc1Nc1ccc(F)cc1. The number of carbonyl (C=O) groups is 1. The standard InChI is InChI=1S/C21H15FN2O4/c22-16-7-9-17(10-8-16)23-20-13-15(6-11-19(20)21(25)26)5-4-14-2-1-3-18(12-14)24(27)28/h1-13,23H,(H,25,26). The van der Waals surface area contributed by atoms with Crippen molar-refractivity contribution in [1.82, 2.24) is 0 Å². The molecule has 0 bridgehead atoms. The van der Waals surface area contributed by atoms with E-state index in [-0.39, 0.29) is 11.3 Å². The molecule has 0 atom stereocenters. The van der Waals surface area contributed by atoms with Crippen molar-refractivity contribution in [3.8, 4) is 0 Å². The Labute approximate surface area is 159 Å². The van der Waals surface area contributed by atoms with Crippen molar-refractivity contribution in [2.75, 3.05) is 5.32 Å². The van der Waals surface area contributed by atoms with Gasteiger partial charge in [-0.1, -0.05) is 30.4 Å². The lowest BCUT2D eigenvalue weighted by molar-refractivity contribution is -0.384. The molecule has 0 unspecified atom stereocenters. The lowest BCUT2D eigenvalue weighted by atomic mass is 10.1. The summed E-state index contributed by atoms with van der Waals surface area (Å²) in [5.74, 6) is -1.49. The summed E-state index contributed by atoms with van der Waals surface area (Å²) in [6.45, 7) is 0. The molecule has 0 saturated heterocycles. The Balaban J connectivity index is 1.90. The van der Waals surface area contributed by atoms with Gasteiger partial charge in [0.15, 0.2) is 0 Å². The molecule has 7 heteroatoms. The summed E-state index contributed by atoms with van der Waals surface area (Å²) in [5, 5.41) is 23.2. The van der Waals surface area contributed by atoms with Gasteiger partial charge in [0.25, 0.3) is 5.69 Å². The molecular formula is C21H15FN2O4. The highest BCUT2D eigenvalue weighted by atomic mass is 19.1. The molecule has 2 N–H and O–H groups in total. The Morgan fingerprint density at radius 2 is 1.68 bits per heavy atom. The number of hydrogen-bond donors (Lipinski definition) is 2. The summed E-state index contributed by atoms with van der Waals surface area (Å²) >= 11 is 0. The van der Waals surface area contributed by atoms with E-state index in [2.05, 4.69) is 5.32 Å². The van der Waals surface area contributed by atoms with Crippen molar-refractivity contribution in [3.05, 3.63) is 99.4 Å². The molecule has 6 nitrogen and oxygen atoms in total. The van der Waals surface area contributed by atoms with E-state index >= 15 is 0 Å². The van der Waals surface area contributed by atoms with Crippen LogP contribution < -0.4 is 5.32 Å². The number of rotatable bonds is 6. The number of anilines is 2. The molecule has 3 rings (SSSR count). The second kappa shape index (κ2) is 8.13. The van der Waals surface area contributed by atoms with Crippen LogP contribution in [-0.4, -0.2) is 16.0 Å². The molecule has 0 aliphatic heterocycles. The monoisotopic (exact) mass is 378 g/mol. The van der Waals surface area contributed by atoms with Crippen molar-refractivity contribution in [2.45, 2.75) is 0 Å². The minimum absolute atomic E-state index is 0.0120. The van der Waals surface area contributed by atoms with E-state index in [1.54, 1.807) is 36.4 Å². The molecule has 0 saturated carbocycles. The number of nitro groups is 1. The number of halogens is 1. The Bertz CT molecular complexity index is 1060. The minimum atomic E-state index is -1.10. The third-order valence-corrected chi connectivity index (χ3v) is 3.95. The van der Waals surface area contributed by atoms with Gasteiger partial charge in [0.05, 0.1) is 16.2 Å². The zero-order chi connectivity index (χ0) is 20.1. The van der Waals surface area contributed by atoms with Crippen LogP contribution in [0.15, 0.2) is 66.7 Å². The Hall–Kier alpha value is -4.00. The fraction of sp³-hybridized carbons (Fsp3) is 0. The number of non-ortho nitro benzene ring substituents is 1. The van der Waals surface area contributed by atoms with Crippen LogP contribution in [0.5, 0.6) is 0 Å². The third kappa shape index (κ3) is 4.59. The normalized spacial score (nSPS) is 10.8. The molecule has 140 valence electrons. The maximum atomic E-state index is 13.1. The number of carboxylic acids is 1. The van der Waals surface area contributed by atoms with Crippen LogP contribution in [0.25, 0.3) is 12.2 Å². The first-order chi connectivity index (χ1) is 13.4. The fourth-order valence-electron chi connectivity index (χ4n) is 2.58. The van der Waals surface area contributed by atoms with Gasteiger partial charge >= 0.3 is 5.97 Å². The van der Waals surface area contributed by atoms with Crippen molar-refractivity contribution >= 4 is 35.2 Å². The highest BCUT2D eigenvalue weighted by molar-refractivity contribution is 5.96. The zero-order valence-electron chi connectivity index (χ0n) is 14.5. The van der Waals surface area contributed by atoms with Gasteiger partial charge in [-0.25, -0.2) is 9.18 Å². The van der Waals surface area contributed by atoms with Gasteiger partial charge in [-0.05, 0) is 47.5 Å². The van der Waals surface area contributed by atoms with Crippen LogP contribution in [0.1, 0.15) is 21.5 Å². The fourth-order valence-corrected chi connectivity index (χ4v) is 2.58. The van der Waals surface area contributed by atoms with Crippen molar-refractivity contribution < 1.29 is 19.2 Å². The number of aromatic carboxylic acids is 1. The maximum absolute atomic E-state index is 13.1. The van der Waals surface area contributed by atoms with E-state index in [1.165, 1.54) is 42.5 Å².